The summed E-state index contributed by atoms with van der Waals surface area (Å²) in [6.07, 6.45) is 0.409. The van der Waals surface area contributed by atoms with Crippen molar-refractivity contribution in [3.05, 3.63) is 36.0 Å². The van der Waals surface area contributed by atoms with Crippen LogP contribution in [0.2, 0.25) is 0 Å². The molecule has 1 atom stereocenters. The molecule has 8 heteroatoms. The lowest BCUT2D eigenvalue weighted by atomic mass is 9.94. The molecule has 1 aromatic heterocycles. The number of fused-ring (bicyclic) bond motifs is 1. The lowest BCUT2D eigenvalue weighted by molar-refractivity contribution is -0.132. The van der Waals surface area contributed by atoms with Gasteiger partial charge in [-0.05, 0) is 17.5 Å². The largest absolute Gasteiger partial charge is 0.357 e. The number of imide groups is 2. The summed E-state index contributed by atoms with van der Waals surface area (Å²) in [6, 6.07) is 8.95. The highest BCUT2D eigenvalue weighted by Gasteiger charge is 2.40. The van der Waals surface area contributed by atoms with Crippen molar-refractivity contribution < 1.29 is 14.4 Å². The van der Waals surface area contributed by atoms with Gasteiger partial charge in [0, 0.05) is 17.6 Å². The van der Waals surface area contributed by atoms with Gasteiger partial charge in [-0.2, -0.15) is 5.10 Å². The van der Waals surface area contributed by atoms with Crippen LogP contribution in [0.15, 0.2) is 35.4 Å². The van der Waals surface area contributed by atoms with Crippen LogP contribution in [0.4, 0.5) is 4.79 Å². The maximum atomic E-state index is 11.9. The molecular formula is C15H13N5O3. The SMILES string of the molecule is O=C1NC(=O)C(C2=NNC(c3cc4ccccc4[nH]3)C2)C(=O)N1. The number of carbonyl (C=O) groups is 3. The molecule has 0 bridgehead atoms. The molecule has 1 fully saturated rings. The molecule has 2 aliphatic rings. The summed E-state index contributed by atoms with van der Waals surface area (Å²) in [5.41, 5.74) is 5.30. The molecule has 1 unspecified atom stereocenters. The maximum absolute atomic E-state index is 11.9. The molecule has 116 valence electrons. The number of H-pyrrole nitrogens is 1. The van der Waals surface area contributed by atoms with E-state index in [0.29, 0.717) is 12.1 Å². The molecule has 3 heterocycles. The topological polar surface area (TPSA) is 115 Å². The fourth-order valence-corrected chi connectivity index (χ4v) is 2.93. The maximum Gasteiger partial charge on any atom is 0.328 e. The molecule has 0 aliphatic carbocycles. The van der Waals surface area contributed by atoms with Crippen molar-refractivity contribution in [3.63, 3.8) is 0 Å². The molecule has 4 rings (SSSR count). The van der Waals surface area contributed by atoms with E-state index < -0.39 is 23.8 Å². The van der Waals surface area contributed by atoms with E-state index in [1.165, 1.54) is 0 Å². The van der Waals surface area contributed by atoms with Gasteiger partial charge in [0.1, 0.15) is 0 Å². The van der Waals surface area contributed by atoms with Crippen molar-refractivity contribution in [1.82, 2.24) is 21.0 Å². The number of rotatable bonds is 2. The van der Waals surface area contributed by atoms with Crippen LogP contribution < -0.4 is 16.1 Å². The first-order valence-corrected chi connectivity index (χ1v) is 7.17. The van der Waals surface area contributed by atoms with Crippen molar-refractivity contribution in [1.29, 1.82) is 0 Å². The number of nitrogens with zero attached hydrogens (tertiary/aromatic N) is 1. The molecule has 4 N–H and O–H groups in total. The Morgan fingerprint density at radius 1 is 1.04 bits per heavy atom. The molecule has 0 radical (unpaired) electrons. The minimum Gasteiger partial charge on any atom is -0.357 e. The Labute approximate surface area is 130 Å². The summed E-state index contributed by atoms with van der Waals surface area (Å²) >= 11 is 0. The predicted molar refractivity (Wildman–Crippen MR) is 81.4 cm³/mol. The van der Waals surface area contributed by atoms with Crippen LogP contribution in [0.3, 0.4) is 0 Å². The number of benzene rings is 1. The van der Waals surface area contributed by atoms with Gasteiger partial charge in [-0.25, -0.2) is 4.79 Å². The van der Waals surface area contributed by atoms with Gasteiger partial charge in [0.2, 0.25) is 11.8 Å². The van der Waals surface area contributed by atoms with Gasteiger partial charge in [-0.1, -0.05) is 18.2 Å². The van der Waals surface area contributed by atoms with E-state index in [4.69, 9.17) is 0 Å². The molecule has 0 spiro atoms. The Kier molecular flexibility index (Phi) is 2.90. The van der Waals surface area contributed by atoms with Crippen LogP contribution in [0.25, 0.3) is 10.9 Å². The van der Waals surface area contributed by atoms with Gasteiger partial charge in [0.15, 0.2) is 5.92 Å². The summed E-state index contributed by atoms with van der Waals surface area (Å²) in [5, 5.41) is 9.38. The second kappa shape index (κ2) is 4.94. The second-order valence-corrected chi connectivity index (χ2v) is 5.54. The van der Waals surface area contributed by atoms with E-state index in [0.717, 1.165) is 16.6 Å². The average molecular weight is 311 g/mol. The summed E-state index contributed by atoms with van der Waals surface area (Å²) < 4.78 is 0. The highest BCUT2D eigenvalue weighted by Crippen LogP contribution is 2.27. The molecule has 1 saturated heterocycles. The minimum atomic E-state index is -1.07. The number of hydrazone groups is 1. The number of hydrogen-bond acceptors (Lipinski definition) is 5. The Hall–Kier alpha value is -3.16. The molecular weight excluding hydrogens is 298 g/mol. The van der Waals surface area contributed by atoms with Crippen LogP contribution in [0.5, 0.6) is 0 Å². The average Bonchev–Trinajstić information content (AvgIpc) is 3.12. The highest BCUT2D eigenvalue weighted by molar-refractivity contribution is 6.27. The molecule has 2 aliphatic heterocycles. The number of carbonyl (C=O) groups excluding carboxylic acids is 3. The minimum absolute atomic E-state index is 0.143. The zero-order valence-electron chi connectivity index (χ0n) is 11.9. The summed E-state index contributed by atoms with van der Waals surface area (Å²) in [5.74, 6) is -2.36. The van der Waals surface area contributed by atoms with E-state index in [1.807, 2.05) is 30.3 Å². The van der Waals surface area contributed by atoms with Crippen molar-refractivity contribution in [2.75, 3.05) is 0 Å². The normalized spacial score (nSPS) is 21.8. The van der Waals surface area contributed by atoms with Gasteiger partial charge in [0.05, 0.1) is 11.8 Å². The van der Waals surface area contributed by atoms with E-state index in [-0.39, 0.29) is 6.04 Å². The van der Waals surface area contributed by atoms with Crippen LogP contribution in [0, 0.1) is 5.92 Å². The van der Waals surface area contributed by atoms with Crippen molar-refractivity contribution in [3.8, 4) is 0 Å². The van der Waals surface area contributed by atoms with Gasteiger partial charge in [-0.3, -0.25) is 20.2 Å². The summed E-state index contributed by atoms with van der Waals surface area (Å²) in [6.45, 7) is 0. The Morgan fingerprint density at radius 3 is 2.52 bits per heavy atom. The summed E-state index contributed by atoms with van der Waals surface area (Å²) in [7, 11) is 0. The molecule has 2 aromatic rings. The van der Waals surface area contributed by atoms with Crippen LogP contribution in [0.1, 0.15) is 18.2 Å². The van der Waals surface area contributed by atoms with Gasteiger partial charge < -0.3 is 10.4 Å². The van der Waals surface area contributed by atoms with Crippen molar-refractivity contribution >= 4 is 34.5 Å². The van der Waals surface area contributed by atoms with Crippen LogP contribution in [-0.2, 0) is 9.59 Å². The molecule has 8 nitrogen and oxygen atoms in total. The molecule has 0 saturated carbocycles. The third kappa shape index (κ3) is 2.24. The van der Waals surface area contributed by atoms with Gasteiger partial charge in [0.25, 0.3) is 0 Å². The number of aromatic amines is 1. The standard InChI is InChI=1S/C15H13N5O3/c21-13-12(14(22)18-15(23)17-13)11-6-10(19-20-11)9-5-7-3-1-2-4-8(7)16-9/h1-5,10,12,16,19H,6H2,(H2,17,18,21,22,23). The fraction of sp³-hybridized carbons (Fsp3) is 0.200. The first-order valence-electron chi connectivity index (χ1n) is 7.17. The van der Waals surface area contributed by atoms with E-state index in [9.17, 15) is 14.4 Å². The lowest BCUT2D eigenvalue weighted by Crippen LogP contribution is -2.57. The van der Waals surface area contributed by atoms with Crippen molar-refractivity contribution in [2.24, 2.45) is 11.0 Å². The summed E-state index contributed by atoms with van der Waals surface area (Å²) in [4.78, 5) is 38.2. The third-order valence-electron chi connectivity index (χ3n) is 4.03. The molecule has 4 amide bonds. The Morgan fingerprint density at radius 2 is 1.78 bits per heavy atom. The van der Waals surface area contributed by atoms with Gasteiger partial charge in [-0.15, -0.1) is 0 Å². The first kappa shape index (κ1) is 13.5. The highest BCUT2D eigenvalue weighted by atomic mass is 16.2. The Bertz CT molecular complexity index is 816. The predicted octanol–water partition coefficient (Wildman–Crippen LogP) is 0.540. The quantitative estimate of drug-likeness (QED) is 0.606. The molecule has 1 aromatic carbocycles. The molecule has 23 heavy (non-hydrogen) atoms. The van der Waals surface area contributed by atoms with Crippen molar-refractivity contribution in [2.45, 2.75) is 12.5 Å². The van der Waals surface area contributed by atoms with E-state index in [2.05, 4.69) is 26.1 Å². The number of amides is 4. The number of para-hydroxylation sites is 1. The smallest absolute Gasteiger partial charge is 0.328 e. The number of hydrogen-bond donors (Lipinski definition) is 4. The monoisotopic (exact) mass is 311 g/mol. The fourth-order valence-electron chi connectivity index (χ4n) is 2.93. The van der Waals surface area contributed by atoms with E-state index >= 15 is 0 Å². The zero-order valence-corrected chi connectivity index (χ0v) is 11.9. The zero-order chi connectivity index (χ0) is 16.0. The van der Waals surface area contributed by atoms with Crippen LogP contribution >= 0.6 is 0 Å². The van der Waals surface area contributed by atoms with E-state index in [1.54, 1.807) is 0 Å². The van der Waals surface area contributed by atoms with Crippen LogP contribution in [-0.4, -0.2) is 28.5 Å². The van der Waals surface area contributed by atoms with Gasteiger partial charge >= 0.3 is 6.03 Å². The second-order valence-electron chi connectivity index (χ2n) is 5.54. The lowest BCUT2D eigenvalue weighted by Gasteiger charge is -2.20. The number of urea groups is 1. The number of nitrogens with one attached hydrogen (secondary N) is 4. The number of barbiturate groups is 1. The number of aromatic nitrogens is 1. The first-order chi connectivity index (χ1) is 11.1. The Balaban J connectivity index is 1.55. The third-order valence-corrected chi connectivity index (χ3v) is 4.03.